The van der Waals surface area contributed by atoms with Crippen molar-refractivity contribution in [1.29, 1.82) is 0 Å². The van der Waals surface area contributed by atoms with Crippen molar-refractivity contribution in [2.24, 2.45) is 11.7 Å². The molecule has 6 heteroatoms. The molecule has 104 valence electrons. The molecular weight excluding hydrogens is 244 g/mol. The van der Waals surface area contributed by atoms with Crippen LogP contribution in [0.4, 0.5) is 5.69 Å². The van der Waals surface area contributed by atoms with Gasteiger partial charge in [-0.25, -0.2) is 0 Å². The highest BCUT2D eigenvalue weighted by Gasteiger charge is 2.13. The lowest BCUT2D eigenvalue weighted by Gasteiger charge is -2.16. The summed E-state index contributed by atoms with van der Waals surface area (Å²) in [7, 11) is 0. The predicted octanol–water partition coefficient (Wildman–Crippen LogP) is 0.753. The molecule has 4 N–H and O–H groups in total. The summed E-state index contributed by atoms with van der Waals surface area (Å²) in [6, 6.07) is 2.80. The molecule has 1 aromatic rings. The third-order valence-corrected chi connectivity index (χ3v) is 2.47. The van der Waals surface area contributed by atoms with Crippen LogP contribution in [-0.4, -0.2) is 29.4 Å². The van der Waals surface area contributed by atoms with Crippen LogP contribution >= 0.6 is 0 Å². The van der Waals surface area contributed by atoms with Crippen molar-refractivity contribution in [3.8, 4) is 0 Å². The van der Waals surface area contributed by atoms with Crippen LogP contribution in [0.1, 0.15) is 31.3 Å². The van der Waals surface area contributed by atoms with Crippen LogP contribution in [0.2, 0.25) is 0 Å². The van der Waals surface area contributed by atoms with E-state index in [2.05, 4.69) is 15.6 Å². The second-order valence-corrected chi connectivity index (χ2v) is 4.80. The molecule has 1 heterocycles. The van der Waals surface area contributed by atoms with E-state index in [9.17, 15) is 9.59 Å². The molecule has 0 saturated carbocycles. The van der Waals surface area contributed by atoms with E-state index in [1.165, 1.54) is 12.3 Å². The lowest BCUT2D eigenvalue weighted by Crippen LogP contribution is -2.39. The summed E-state index contributed by atoms with van der Waals surface area (Å²) in [4.78, 5) is 26.6. The van der Waals surface area contributed by atoms with Gasteiger partial charge in [0.2, 0.25) is 5.91 Å². The Morgan fingerprint density at radius 2 is 2.05 bits per heavy atom. The molecule has 0 radical (unpaired) electrons. The van der Waals surface area contributed by atoms with Crippen LogP contribution in [0, 0.1) is 5.92 Å². The number of rotatable bonds is 6. The van der Waals surface area contributed by atoms with E-state index in [4.69, 9.17) is 5.73 Å². The number of nitrogens with zero attached hydrogens (tertiary/aromatic N) is 1. The van der Waals surface area contributed by atoms with Crippen molar-refractivity contribution in [2.45, 2.75) is 26.8 Å². The number of nitrogens with one attached hydrogen (secondary N) is 2. The monoisotopic (exact) mass is 264 g/mol. The fourth-order valence-electron chi connectivity index (χ4n) is 1.43. The minimum atomic E-state index is -0.597. The van der Waals surface area contributed by atoms with Gasteiger partial charge in [-0.2, -0.15) is 0 Å². The van der Waals surface area contributed by atoms with E-state index in [0.29, 0.717) is 18.2 Å². The van der Waals surface area contributed by atoms with E-state index in [1.807, 2.05) is 13.8 Å². The third-order valence-electron chi connectivity index (χ3n) is 2.47. The number of amides is 2. The van der Waals surface area contributed by atoms with Crippen molar-refractivity contribution in [3.63, 3.8) is 0 Å². The van der Waals surface area contributed by atoms with E-state index in [0.717, 1.165) is 0 Å². The Hall–Kier alpha value is -2.11. The fourth-order valence-corrected chi connectivity index (χ4v) is 1.43. The molecule has 1 rings (SSSR count). The summed E-state index contributed by atoms with van der Waals surface area (Å²) < 4.78 is 0. The average Bonchev–Trinajstić information content (AvgIpc) is 2.36. The normalized spacial score (nSPS) is 12.0. The Kier molecular flexibility index (Phi) is 5.29. The molecule has 0 aliphatic heterocycles. The standard InChI is InChI=1S/C13H20N4O2/c1-8(2)7-16-13(19)9(3)17-10-4-5-15-11(6-10)12(14)18/h4-6,8-9H,7H2,1-3H3,(H2,14,18)(H,15,17)(H,16,19). The van der Waals surface area contributed by atoms with Gasteiger partial charge in [0, 0.05) is 18.4 Å². The number of pyridine rings is 1. The molecule has 1 aromatic heterocycles. The first-order chi connectivity index (χ1) is 8.90. The zero-order valence-electron chi connectivity index (χ0n) is 11.4. The van der Waals surface area contributed by atoms with Crippen molar-refractivity contribution in [1.82, 2.24) is 10.3 Å². The van der Waals surface area contributed by atoms with Gasteiger partial charge in [0.05, 0.1) is 0 Å². The van der Waals surface area contributed by atoms with Crippen LogP contribution in [0.3, 0.4) is 0 Å². The van der Waals surface area contributed by atoms with Gasteiger partial charge in [0.1, 0.15) is 11.7 Å². The molecule has 6 nitrogen and oxygen atoms in total. The van der Waals surface area contributed by atoms with E-state index >= 15 is 0 Å². The molecule has 0 fully saturated rings. The van der Waals surface area contributed by atoms with Crippen molar-refractivity contribution in [3.05, 3.63) is 24.0 Å². The molecule has 0 saturated heterocycles. The highest BCUT2D eigenvalue weighted by Crippen LogP contribution is 2.09. The molecule has 0 aliphatic carbocycles. The van der Waals surface area contributed by atoms with Crippen molar-refractivity contribution >= 4 is 17.5 Å². The summed E-state index contributed by atoms with van der Waals surface area (Å²) in [6.45, 7) is 6.44. The second-order valence-electron chi connectivity index (χ2n) is 4.80. The number of carbonyl (C=O) groups excluding carboxylic acids is 2. The Bertz CT molecular complexity index is 460. The number of hydrogen-bond donors (Lipinski definition) is 3. The number of nitrogens with two attached hydrogens (primary N) is 1. The third kappa shape index (κ3) is 4.95. The van der Waals surface area contributed by atoms with E-state index in [-0.39, 0.29) is 11.6 Å². The number of primary amides is 1. The summed E-state index contributed by atoms with van der Waals surface area (Å²) >= 11 is 0. The van der Waals surface area contributed by atoms with Crippen LogP contribution < -0.4 is 16.4 Å². The van der Waals surface area contributed by atoms with Crippen LogP contribution in [-0.2, 0) is 4.79 Å². The molecule has 0 aromatic carbocycles. The van der Waals surface area contributed by atoms with Gasteiger partial charge in [0.25, 0.3) is 5.91 Å². The van der Waals surface area contributed by atoms with Crippen LogP contribution in [0.15, 0.2) is 18.3 Å². The molecule has 0 bridgehead atoms. The maximum absolute atomic E-state index is 11.8. The second kappa shape index (κ2) is 6.72. The quantitative estimate of drug-likeness (QED) is 0.706. The summed E-state index contributed by atoms with van der Waals surface area (Å²) in [5, 5.41) is 5.83. The Balaban J connectivity index is 2.61. The first-order valence-corrected chi connectivity index (χ1v) is 6.20. The number of carbonyl (C=O) groups is 2. The first-order valence-electron chi connectivity index (χ1n) is 6.20. The molecule has 1 atom stereocenters. The molecule has 1 unspecified atom stereocenters. The highest BCUT2D eigenvalue weighted by atomic mass is 16.2. The summed E-state index contributed by atoms with van der Waals surface area (Å²) in [5.74, 6) is -0.287. The Labute approximate surface area is 112 Å². The van der Waals surface area contributed by atoms with E-state index in [1.54, 1.807) is 13.0 Å². The van der Waals surface area contributed by atoms with Gasteiger partial charge in [-0.05, 0) is 25.0 Å². The lowest BCUT2D eigenvalue weighted by atomic mass is 10.2. The van der Waals surface area contributed by atoms with Gasteiger partial charge in [0.15, 0.2) is 0 Å². The van der Waals surface area contributed by atoms with Crippen molar-refractivity contribution < 1.29 is 9.59 Å². The molecule has 0 spiro atoms. The highest BCUT2D eigenvalue weighted by molar-refractivity contribution is 5.92. The van der Waals surface area contributed by atoms with Gasteiger partial charge >= 0.3 is 0 Å². The van der Waals surface area contributed by atoms with E-state index < -0.39 is 11.9 Å². The summed E-state index contributed by atoms with van der Waals surface area (Å²) in [5.41, 5.74) is 5.95. The maximum atomic E-state index is 11.8. The largest absolute Gasteiger partial charge is 0.374 e. The van der Waals surface area contributed by atoms with Gasteiger partial charge in [-0.15, -0.1) is 0 Å². The topological polar surface area (TPSA) is 97.1 Å². The Morgan fingerprint density at radius 1 is 1.37 bits per heavy atom. The first kappa shape index (κ1) is 14.9. The van der Waals surface area contributed by atoms with Gasteiger partial charge in [-0.3, -0.25) is 14.6 Å². The molecule has 2 amide bonds. The van der Waals surface area contributed by atoms with Crippen LogP contribution in [0.25, 0.3) is 0 Å². The number of aromatic nitrogens is 1. The minimum absolute atomic E-state index is 0.0915. The maximum Gasteiger partial charge on any atom is 0.267 e. The van der Waals surface area contributed by atoms with Gasteiger partial charge < -0.3 is 16.4 Å². The molecular formula is C13H20N4O2. The minimum Gasteiger partial charge on any atom is -0.374 e. The number of hydrogen-bond acceptors (Lipinski definition) is 4. The molecule has 0 aliphatic rings. The molecule has 19 heavy (non-hydrogen) atoms. The SMILES string of the molecule is CC(C)CNC(=O)C(C)Nc1ccnc(C(N)=O)c1. The van der Waals surface area contributed by atoms with Crippen molar-refractivity contribution in [2.75, 3.05) is 11.9 Å². The fraction of sp³-hybridized carbons (Fsp3) is 0.462. The smallest absolute Gasteiger partial charge is 0.267 e. The van der Waals surface area contributed by atoms with Crippen LogP contribution in [0.5, 0.6) is 0 Å². The lowest BCUT2D eigenvalue weighted by molar-refractivity contribution is -0.121. The zero-order valence-corrected chi connectivity index (χ0v) is 11.4. The average molecular weight is 264 g/mol. The number of anilines is 1. The Morgan fingerprint density at radius 3 is 2.63 bits per heavy atom. The predicted molar refractivity (Wildman–Crippen MR) is 73.7 cm³/mol. The van der Waals surface area contributed by atoms with Gasteiger partial charge in [-0.1, -0.05) is 13.8 Å². The summed E-state index contributed by atoms with van der Waals surface area (Å²) in [6.07, 6.45) is 1.47. The zero-order chi connectivity index (χ0) is 14.4.